The molecule has 0 aliphatic rings. The lowest BCUT2D eigenvalue weighted by Gasteiger charge is -2.11. The van der Waals surface area contributed by atoms with E-state index in [1.54, 1.807) is 32.3 Å². The Morgan fingerprint density at radius 2 is 2.19 bits per heavy atom. The normalized spacial score (nSPS) is 9.94. The molecule has 0 aliphatic heterocycles. The molecule has 0 saturated carbocycles. The first-order chi connectivity index (χ1) is 7.50. The zero-order chi connectivity index (χ0) is 12.1. The molecule has 1 amide bonds. The number of nitrogen functional groups attached to an aromatic ring is 1. The third-order valence-electron chi connectivity index (χ3n) is 2.03. The van der Waals surface area contributed by atoms with Crippen molar-refractivity contribution in [3.63, 3.8) is 0 Å². The summed E-state index contributed by atoms with van der Waals surface area (Å²) in [5, 5.41) is 0.456. The summed E-state index contributed by atoms with van der Waals surface area (Å²) in [6, 6.07) is 5.01. The van der Waals surface area contributed by atoms with Crippen molar-refractivity contribution in [3.05, 3.63) is 23.2 Å². The minimum atomic E-state index is 0.0200. The van der Waals surface area contributed by atoms with Gasteiger partial charge in [0.05, 0.1) is 18.1 Å². The fraction of sp³-hybridized carbons (Fsp3) is 0.364. The number of rotatable bonds is 4. The molecule has 2 N–H and O–H groups in total. The van der Waals surface area contributed by atoms with Gasteiger partial charge in [0, 0.05) is 19.8 Å². The molecule has 0 atom stereocenters. The largest absolute Gasteiger partial charge is 0.491 e. The van der Waals surface area contributed by atoms with Gasteiger partial charge in [0.25, 0.3) is 0 Å². The molecule has 16 heavy (non-hydrogen) atoms. The van der Waals surface area contributed by atoms with Crippen LogP contribution in [0.1, 0.15) is 6.42 Å². The van der Waals surface area contributed by atoms with Crippen LogP contribution in [0.4, 0.5) is 5.69 Å². The highest BCUT2D eigenvalue weighted by Crippen LogP contribution is 2.26. The molecule has 0 fully saturated rings. The van der Waals surface area contributed by atoms with E-state index in [0.29, 0.717) is 29.5 Å². The van der Waals surface area contributed by atoms with Gasteiger partial charge in [0.2, 0.25) is 5.91 Å². The van der Waals surface area contributed by atoms with E-state index in [9.17, 15) is 4.79 Å². The molecule has 5 heteroatoms. The molecule has 0 aliphatic carbocycles. The van der Waals surface area contributed by atoms with E-state index in [-0.39, 0.29) is 5.91 Å². The van der Waals surface area contributed by atoms with Gasteiger partial charge in [-0.1, -0.05) is 11.6 Å². The molecule has 0 bridgehead atoms. The highest BCUT2D eigenvalue weighted by Gasteiger charge is 2.06. The van der Waals surface area contributed by atoms with Gasteiger partial charge < -0.3 is 15.4 Å². The Morgan fingerprint density at radius 1 is 1.50 bits per heavy atom. The minimum Gasteiger partial charge on any atom is -0.491 e. The topological polar surface area (TPSA) is 55.6 Å². The quantitative estimate of drug-likeness (QED) is 0.819. The van der Waals surface area contributed by atoms with Gasteiger partial charge in [-0.2, -0.15) is 0 Å². The summed E-state index contributed by atoms with van der Waals surface area (Å²) in [5.74, 6) is 0.564. The standard InChI is InChI=1S/C11H15ClN2O2/c1-14(2)11(15)5-6-16-10-4-3-8(13)7-9(10)12/h3-4,7H,5-6,13H2,1-2H3. The number of nitrogens with zero attached hydrogens (tertiary/aromatic N) is 1. The molecule has 1 aromatic rings. The van der Waals surface area contributed by atoms with Crippen LogP contribution in [0.5, 0.6) is 5.75 Å². The number of amides is 1. The Balaban J connectivity index is 2.46. The number of hydrogen-bond acceptors (Lipinski definition) is 3. The van der Waals surface area contributed by atoms with Gasteiger partial charge in [-0.05, 0) is 18.2 Å². The molecule has 4 nitrogen and oxygen atoms in total. The van der Waals surface area contributed by atoms with E-state index < -0.39 is 0 Å². The summed E-state index contributed by atoms with van der Waals surface area (Å²) in [4.78, 5) is 12.8. The number of benzene rings is 1. The first-order valence-electron chi connectivity index (χ1n) is 4.88. The van der Waals surface area contributed by atoms with Crippen molar-refractivity contribution in [2.24, 2.45) is 0 Å². The molecular formula is C11H15ClN2O2. The number of carbonyl (C=O) groups excluding carboxylic acids is 1. The van der Waals surface area contributed by atoms with E-state index in [1.807, 2.05) is 0 Å². The van der Waals surface area contributed by atoms with E-state index in [4.69, 9.17) is 22.1 Å². The van der Waals surface area contributed by atoms with Crippen LogP contribution in [0.2, 0.25) is 5.02 Å². The van der Waals surface area contributed by atoms with E-state index in [1.165, 1.54) is 4.90 Å². The fourth-order valence-corrected chi connectivity index (χ4v) is 1.35. The Kier molecular flexibility index (Phi) is 4.43. The third kappa shape index (κ3) is 3.62. The van der Waals surface area contributed by atoms with Crippen molar-refractivity contribution in [2.45, 2.75) is 6.42 Å². The summed E-state index contributed by atoms with van der Waals surface area (Å²) in [7, 11) is 3.41. The molecular weight excluding hydrogens is 228 g/mol. The first kappa shape index (κ1) is 12.6. The lowest BCUT2D eigenvalue weighted by Crippen LogP contribution is -2.23. The van der Waals surface area contributed by atoms with E-state index in [0.717, 1.165) is 0 Å². The number of ether oxygens (including phenoxy) is 1. The van der Waals surface area contributed by atoms with Crippen LogP contribution >= 0.6 is 11.6 Å². The second kappa shape index (κ2) is 5.61. The number of hydrogen-bond donors (Lipinski definition) is 1. The van der Waals surface area contributed by atoms with Crippen LogP contribution in [-0.2, 0) is 4.79 Å². The molecule has 0 heterocycles. The van der Waals surface area contributed by atoms with Crippen LogP contribution < -0.4 is 10.5 Å². The molecule has 0 spiro atoms. The van der Waals surface area contributed by atoms with Crippen molar-refractivity contribution in [3.8, 4) is 5.75 Å². The molecule has 0 aromatic heterocycles. The predicted molar refractivity (Wildman–Crippen MR) is 64.7 cm³/mol. The van der Waals surface area contributed by atoms with Crippen LogP contribution in [0.3, 0.4) is 0 Å². The highest BCUT2D eigenvalue weighted by atomic mass is 35.5. The smallest absolute Gasteiger partial charge is 0.225 e. The van der Waals surface area contributed by atoms with Gasteiger partial charge in [-0.3, -0.25) is 4.79 Å². The zero-order valence-corrected chi connectivity index (χ0v) is 10.1. The second-order valence-corrected chi connectivity index (χ2v) is 3.98. The monoisotopic (exact) mass is 242 g/mol. The molecule has 88 valence electrons. The maximum Gasteiger partial charge on any atom is 0.225 e. The van der Waals surface area contributed by atoms with Gasteiger partial charge in [-0.25, -0.2) is 0 Å². The maximum absolute atomic E-state index is 11.3. The Morgan fingerprint density at radius 3 is 2.75 bits per heavy atom. The summed E-state index contributed by atoms with van der Waals surface area (Å²) >= 11 is 5.91. The number of anilines is 1. The SMILES string of the molecule is CN(C)C(=O)CCOc1ccc(N)cc1Cl. The lowest BCUT2D eigenvalue weighted by atomic mass is 10.3. The number of halogens is 1. The summed E-state index contributed by atoms with van der Waals surface area (Å²) in [6.45, 7) is 0.306. The Labute approximate surface area is 99.9 Å². The van der Waals surface area contributed by atoms with Gasteiger partial charge in [0.15, 0.2) is 0 Å². The van der Waals surface area contributed by atoms with Crippen molar-refractivity contribution >= 4 is 23.2 Å². The van der Waals surface area contributed by atoms with Crippen LogP contribution in [-0.4, -0.2) is 31.5 Å². The van der Waals surface area contributed by atoms with E-state index >= 15 is 0 Å². The Hall–Kier alpha value is -1.42. The second-order valence-electron chi connectivity index (χ2n) is 3.58. The predicted octanol–water partition coefficient (Wildman–Crippen LogP) is 1.78. The molecule has 1 aromatic carbocycles. The number of nitrogens with two attached hydrogens (primary N) is 1. The molecule has 0 saturated heterocycles. The lowest BCUT2D eigenvalue weighted by molar-refractivity contribution is -0.129. The average Bonchev–Trinajstić information content (AvgIpc) is 2.20. The van der Waals surface area contributed by atoms with Crippen molar-refractivity contribution < 1.29 is 9.53 Å². The first-order valence-corrected chi connectivity index (χ1v) is 5.26. The zero-order valence-electron chi connectivity index (χ0n) is 9.37. The van der Waals surface area contributed by atoms with Crippen LogP contribution in [0.15, 0.2) is 18.2 Å². The summed E-state index contributed by atoms with van der Waals surface area (Å²) in [6.07, 6.45) is 0.327. The molecule has 0 radical (unpaired) electrons. The summed E-state index contributed by atoms with van der Waals surface area (Å²) < 4.78 is 5.38. The van der Waals surface area contributed by atoms with Gasteiger partial charge in [0.1, 0.15) is 5.75 Å². The fourth-order valence-electron chi connectivity index (χ4n) is 1.11. The average molecular weight is 243 g/mol. The molecule has 1 rings (SSSR count). The van der Waals surface area contributed by atoms with E-state index in [2.05, 4.69) is 0 Å². The number of carbonyl (C=O) groups is 1. The Bertz CT molecular complexity index is 380. The van der Waals surface area contributed by atoms with Crippen LogP contribution in [0, 0.1) is 0 Å². The van der Waals surface area contributed by atoms with Crippen molar-refractivity contribution in [2.75, 3.05) is 26.4 Å². The minimum absolute atomic E-state index is 0.0200. The third-order valence-corrected chi connectivity index (χ3v) is 2.32. The van der Waals surface area contributed by atoms with Crippen molar-refractivity contribution in [1.29, 1.82) is 0 Å². The van der Waals surface area contributed by atoms with Gasteiger partial charge in [-0.15, -0.1) is 0 Å². The van der Waals surface area contributed by atoms with Crippen molar-refractivity contribution in [1.82, 2.24) is 4.90 Å². The highest BCUT2D eigenvalue weighted by molar-refractivity contribution is 6.32. The van der Waals surface area contributed by atoms with Gasteiger partial charge >= 0.3 is 0 Å². The molecule has 0 unspecified atom stereocenters. The summed E-state index contributed by atoms with van der Waals surface area (Å²) in [5.41, 5.74) is 6.13. The maximum atomic E-state index is 11.3. The van der Waals surface area contributed by atoms with Crippen LogP contribution in [0.25, 0.3) is 0 Å².